The Morgan fingerprint density at radius 3 is 2.78 bits per heavy atom. The maximum Gasteiger partial charge on any atom is 0.415 e. The highest BCUT2D eigenvalue weighted by Crippen LogP contribution is 2.43. The summed E-state index contributed by atoms with van der Waals surface area (Å²) < 4.78 is 7.23. The molecular weight excluding hydrogens is 308 g/mol. The van der Waals surface area contributed by atoms with E-state index < -0.39 is 0 Å². The maximum absolute atomic E-state index is 12.6. The summed E-state index contributed by atoms with van der Waals surface area (Å²) >= 11 is 1.79. The summed E-state index contributed by atoms with van der Waals surface area (Å²) in [7, 11) is 0. The van der Waals surface area contributed by atoms with Crippen LogP contribution in [0, 0.1) is 12.8 Å². The number of fused-ring (bicyclic) bond motifs is 3. The van der Waals surface area contributed by atoms with Gasteiger partial charge in [0.05, 0.1) is 6.54 Å². The van der Waals surface area contributed by atoms with Gasteiger partial charge in [-0.1, -0.05) is 0 Å². The second-order valence-electron chi connectivity index (χ2n) is 7.15. The zero-order valence-electron chi connectivity index (χ0n) is 13.2. The summed E-state index contributed by atoms with van der Waals surface area (Å²) in [5.41, 5.74) is 0.682. The van der Waals surface area contributed by atoms with E-state index >= 15 is 0 Å². The van der Waals surface area contributed by atoms with Gasteiger partial charge in [0.25, 0.3) is 0 Å². The Labute approximate surface area is 139 Å². The van der Waals surface area contributed by atoms with Crippen LogP contribution >= 0.6 is 11.3 Å². The number of ether oxygens (including phenoxy) is 1. The summed E-state index contributed by atoms with van der Waals surface area (Å²) in [6.45, 7) is 6.03. The van der Waals surface area contributed by atoms with E-state index in [2.05, 4.69) is 36.1 Å². The third-order valence-electron chi connectivity index (χ3n) is 5.69. The molecule has 5 heteroatoms. The zero-order valence-corrected chi connectivity index (χ0v) is 14.1. The molecule has 4 aliphatic rings. The molecule has 1 atom stereocenters. The molecule has 1 aromatic heterocycles. The van der Waals surface area contributed by atoms with Gasteiger partial charge in [0.15, 0.2) is 0 Å². The standard InChI is InChI=1S/C18H20N2O2S/c1-12-8-13-9-15(2-3-16(13)23-12)20-11-18(22-17(20)21)10-19-6-4-14(18)5-7-19/h2-3,8-9,14H,4-7,10-11H2,1H3/t18-/m1/s1. The Morgan fingerprint density at radius 1 is 1.22 bits per heavy atom. The lowest BCUT2D eigenvalue weighted by Crippen LogP contribution is -2.61. The third kappa shape index (κ3) is 2.03. The van der Waals surface area contributed by atoms with Crippen molar-refractivity contribution >= 4 is 33.2 Å². The molecule has 4 fully saturated rings. The molecule has 2 aromatic rings. The van der Waals surface area contributed by atoms with Crippen molar-refractivity contribution in [3.05, 3.63) is 29.1 Å². The van der Waals surface area contributed by atoms with E-state index in [9.17, 15) is 4.79 Å². The van der Waals surface area contributed by atoms with Crippen LogP contribution in [-0.4, -0.2) is 42.8 Å². The molecule has 1 aromatic carbocycles. The van der Waals surface area contributed by atoms with E-state index in [-0.39, 0.29) is 11.7 Å². The van der Waals surface area contributed by atoms with Crippen molar-refractivity contribution in [3.8, 4) is 0 Å². The van der Waals surface area contributed by atoms with Crippen molar-refractivity contribution in [2.45, 2.75) is 25.4 Å². The van der Waals surface area contributed by atoms with Gasteiger partial charge >= 0.3 is 6.09 Å². The summed E-state index contributed by atoms with van der Waals surface area (Å²) in [6.07, 6.45) is 2.14. The highest BCUT2D eigenvalue weighted by atomic mass is 32.1. The maximum atomic E-state index is 12.6. The predicted octanol–water partition coefficient (Wildman–Crippen LogP) is 3.63. The van der Waals surface area contributed by atoms with Crippen molar-refractivity contribution in [3.63, 3.8) is 0 Å². The Hall–Kier alpha value is -1.59. The van der Waals surface area contributed by atoms with Crippen LogP contribution in [0.25, 0.3) is 10.1 Å². The van der Waals surface area contributed by atoms with Crippen LogP contribution in [0.15, 0.2) is 24.3 Å². The molecule has 5 heterocycles. The lowest BCUT2D eigenvalue weighted by atomic mass is 9.75. The number of piperidine rings is 3. The Morgan fingerprint density at radius 2 is 2.04 bits per heavy atom. The Kier molecular flexibility index (Phi) is 2.83. The zero-order chi connectivity index (χ0) is 15.6. The first-order valence-electron chi connectivity index (χ1n) is 8.36. The third-order valence-corrected chi connectivity index (χ3v) is 6.73. The number of rotatable bonds is 1. The number of carbonyl (C=O) groups excluding carboxylic acids is 1. The second kappa shape index (κ2) is 4.71. The largest absolute Gasteiger partial charge is 0.439 e. The minimum Gasteiger partial charge on any atom is -0.439 e. The molecule has 1 amide bonds. The van der Waals surface area contributed by atoms with Gasteiger partial charge in [0, 0.05) is 27.7 Å². The van der Waals surface area contributed by atoms with Gasteiger partial charge in [-0.3, -0.25) is 9.80 Å². The van der Waals surface area contributed by atoms with Crippen LogP contribution in [0.3, 0.4) is 0 Å². The molecule has 0 radical (unpaired) electrons. The van der Waals surface area contributed by atoms with Gasteiger partial charge in [-0.2, -0.15) is 0 Å². The highest BCUT2D eigenvalue weighted by Gasteiger charge is 2.55. The van der Waals surface area contributed by atoms with E-state index in [0.717, 1.165) is 38.2 Å². The fourth-order valence-electron chi connectivity index (χ4n) is 4.54. The number of carbonyl (C=O) groups is 1. The number of anilines is 1. The number of nitrogens with zero attached hydrogens (tertiary/aromatic N) is 2. The lowest BCUT2D eigenvalue weighted by molar-refractivity contribution is -0.0881. The van der Waals surface area contributed by atoms with E-state index in [0.29, 0.717) is 12.5 Å². The van der Waals surface area contributed by atoms with Crippen molar-refractivity contribution in [1.29, 1.82) is 0 Å². The molecule has 1 spiro atoms. The molecular formula is C18H20N2O2S. The molecule has 6 rings (SSSR count). The van der Waals surface area contributed by atoms with Crippen LogP contribution in [0.5, 0.6) is 0 Å². The van der Waals surface area contributed by atoms with Gasteiger partial charge in [-0.05, 0) is 62.5 Å². The number of thiophene rings is 1. The van der Waals surface area contributed by atoms with E-state index in [1.165, 1.54) is 15.0 Å². The molecule has 4 saturated heterocycles. The van der Waals surface area contributed by atoms with Crippen LogP contribution in [-0.2, 0) is 4.74 Å². The number of hydrogen-bond donors (Lipinski definition) is 0. The fourth-order valence-corrected chi connectivity index (χ4v) is 5.45. The number of benzene rings is 1. The number of hydrogen-bond acceptors (Lipinski definition) is 4. The summed E-state index contributed by atoms with van der Waals surface area (Å²) in [5.74, 6) is 0.522. The highest BCUT2D eigenvalue weighted by molar-refractivity contribution is 7.19. The molecule has 0 unspecified atom stereocenters. The summed E-state index contributed by atoms with van der Waals surface area (Å²) in [4.78, 5) is 18.1. The van der Waals surface area contributed by atoms with Crippen molar-refractivity contribution in [2.75, 3.05) is 31.1 Å². The predicted molar refractivity (Wildman–Crippen MR) is 92.3 cm³/mol. The Balaban J connectivity index is 1.49. The fraction of sp³-hybridized carbons (Fsp3) is 0.500. The van der Waals surface area contributed by atoms with Gasteiger partial charge in [-0.15, -0.1) is 11.3 Å². The average Bonchev–Trinajstić information content (AvgIpc) is 3.07. The Bertz CT molecular complexity index is 793. The monoisotopic (exact) mass is 328 g/mol. The molecule has 0 N–H and O–H groups in total. The first-order valence-corrected chi connectivity index (χ1v) is 9.18. The van der Waals surface area contributed by atoms with Gasteiger partial charge in [0.2, 0.25) is 0 Å². The lowest BCUT2D eigenvalue weighted by Gasteiger charge is -2.49. The smallest absolute Gasteiger partial charge is 0.415 e. The van der Waals surface area contributed by atoms with E-state index in [4.69, 9.17) is 4.74 Å². The quantitative estimate of drug-likeness (QED) is 0.801. The van der Waals surface area contributed by atoms with Crippen LogP contribution in [0.1, 0.15) is 17.7 Å². The molecule has 23 heavy (non-hydrogen) atoms. The molecule has 0 saturated carbocycles. The minimum atomic E-state index is -0.285. The van der Waals surface area contributed by atoms with Gasteiger partial charge in [0.1, 0.15) is 5.60 Å². The van der Waals surface area contributed by atoms with Gasteiger partial charge < -0.3 is 4.74 Å². The normalized spacial score (nSPS) is 32.9. The van der Waals surface area contributed by atoms with Crippen molar-refractivity contribution < 1.29 is 9.53 Å². The first-order chi connectivity index (χ1) is 11.1. The molecule has 4 nitrogen and oxygen atoms in total. The summed E-state index contributed by atoms with van der Waals surface area (Å²) in [5, 5.41) is 1.22. The number of amides is 1. The second-order valence-corrected chi connectivity index (χ2v) is 8.44. The molecule has 4 aliphatic heterocycles. The molecule has 0 aliphatic carbocycles. The number of aryl methyl sites for hydroxylation is 1. The molecule has 120 valence electrons. The van der Waals surface area contributed by atoms with Crippen molar-refractivity contribution in [1.82, 2.24) is 4.90 Å². The molecule has 2 bridgehead atoms. The van der Waals surface area contributed by atoms with E-state index in [1.54, 1.807) is 11.3 Å². The van der Waals surface area contributed by atoms with E-state index in [1.807, 2.05) is 4.90 Å². The minimum absolute atomic E-state index is 0.176. The van der Waals surface area contributed by atoms with Crippen LogP contribution in [0.2, 0.25) is 0 Å². The van der Waals surface area contributed by atoms with Crippen LogP contribution in [0.4, 0.5) is 10.5 Å². The topological polar surface area (TPSA) is 32.8 Å². The first kappa shape index (κ1) is 13.8. The van der Waals surface area contributed by atoms with Gasteiger partial charge in [-0.25, -0.2) is 4.79 Å². The van der Waals surface area contributed by atoms with Crippen molar-refractivity contribution in [2.24, 2.45) is 5.92 Å². The average molecular weight is 328 g/mol. The summed E-state index contributed by atoms with van der Waals surface area (Å²) in [6, 6.07) is 8.49. The SMILES string of the molecule is Cc1cc2cc(N3C[C@@]4(CN5CCC4CC5)OC3=O)ccc2s1. The van der Waals surface area contributed by atoms with Crippen LogP contribution < -0.4 is 4.90 Å².